The molecule has 0 fully saturated rings. The molecule has 0 aromatic rings. The van der Waals surface area contributed by atoms with Crippen LogP contribution in [0.15, 0.2) is 42.5 Å². The summed E-state index contributed by atoms with van der Waals surface area (Å²) in [5.41, 5.74) is 0. The van der Waals surface area contributed by atoms with Crippen LogP contribution in [0.2, 0.25) is 0 Å². The van der Waals surface area contributed by atoms with Crippen LogP contribution in [0.4, 0.5) is 0 Å². The van der Waals surface area contributed by atoms with Crippen LogP contribution in [-0.2, 0) is 0 Å². The van der Waals surface area contributed by atoms with E-state index in [1.807, 2.05) is 12.2 Å². The number of hydrogen-bond donors (Lipinski definition) is 0. The fourth-order valence-corrected chi connectivity index (χ4v) is 1.39. The van der Waals surface area contributed by atoms with Gasteiger partial charge in [0.05, 0.1) is 0 Å². The zero-order valence-electron chi connectivity index (χ0n) is 8.78. The van der Waals surface area contributed by atoms with E-state index < -0.39 is 0 Å². The maximum atomic E-state index is 3.28. The Morgan fingerprint density at radius 3 is 2.79 bits per heavy atom. The quantitative estimate of drug-likeness (QED) is 0.494. The molecule has 0 N–H and O–H groups in total. The topological polar surface area (TPSA) is 0 Å². The molecule has 0 aromatic carbocycles. The molecule has 0 saturated carbocycles. The van der Waals surface area contributed by atoms with E-state index in [0.29, 0.717) is 0 Å². The predicted molar refractivity (Wildman–Crippen MR) is 62.9 cm³/mol. The van der Waals surface area contributed by atoms with Gasteiger partial charge in [0.25, 0.3) is 0 Å². The lowest BCUT2D eigenvalue weighted by Crippen LogP contribution is -1.75. The van der Waals surface area contributed by atoms with Gasteiger partial charge in [-0.3, -0.25) is 0 Å². The van der Waals surface area contributed by atoms with Gasteiger partial charge < -0.3 is 0 Å². The molecule has 1 aliphatic carbocycles. The maximum Gasteiger partial charge on any atom is -0.0166 e. The summed E-state index contributed by atoms with van der Waals surface area (Å²) in [4.78, 5) is 0. The summed E-state index contributed by atoms with van der Waals surface area (Å²) in [5.74, 6) is 0. The highest BCUT2D eigenvalue weighted by Crippen LogP contribution is 2.04. The van der Waals surface area contributed by atoms with E-state index in [2.05, 4.69) is 36.5 Å². The molecule has 1 radical (unpaired) electrons. The van der Waals surface area contributed by atoms with Crippen LogP contribution in [0.5, 0.6) is 0 Å². The Hall–Kier alpha value is -1.04. The van der Waals surface area contributed by atoms with Crippen LogP contribution in [0.3, 0.4) is 0 Å². The molecule has 0 nitrogen and oxygen atoms in total. The molecule has 0 heteroatoms. The third-order valence-corrected chi connectivity index (χ3v) is 2.20. The Morgan fingerprint density at radius 1 is 0.786 bits per heavy atom. The minimum atomic E-state index is 1.05. The Kier molecular flexibility index (Phi) is 6.74. The second kappa shape index (κ2) is 8.55. The van der Waals surface area contributed by atoms with E-state index in [-0.39, 0.29) is 0 Å². The van der Waals surface area contributed by atoms with Crippen molar-refractivity contribution in [3.8, 4) is 0 Å². The molecule has 0 bridgehead atoms. The first kappa shape index (κ1) is 11.0. The predicted octanol–water partition coefficient (Wildman–Crippen LogP) is 4.37. The molecule has 0 spiro atoms. The summed E-state index contributed by atoms with van der Waals surface area (Å²) >= 11 is 0. The molecule has 0 unspecified atom stereocenters. The second-order valence-electron chi connectivity index (χ2n) is 3.49. The van der Waals surface area contributed by atoms with Crippen molar-refractivity contribution in [1.29, 1.82) is 0 Å². The molecular weight excluding hydrogens is 168 g/mol. The van der Waals surface area contributed by atoms with Gasteiger partial charge in [0.15, 0.2) is 0 Å². The first-order valence-electron chi connectivity index (χ1n) is 5.53. The van der Waals surface area contributed by atoms with Crippen molar-refractivity contribution in [2.75, 3.05) is 0 Å². The second-order valence-corrected chi connectivity index (χ2v) is 3.49. The average Bonchev–Trinajstić information content (AvgIpc) is 2.22. The van der Waals surface area contributed by atoms with Gasteiger partial charge in [-0.25, -0.2) is 0 Å². The molecule has 0 aromatic heterocycles. The van der Waals surface area contributed by atoms with Crippen molar-refractivity contribution in [2.45, 2.75) is 38.5 Å². The van der Waals surface area contributed by atoms with Crippen molar-refractivity contribution < 1.29 is 0 Å². The van der Waals surface area contributed by atoms with Gasteiger partial charge in [0, 0.05) is 0 Å². The zero-order valence-corrected chi connectivity index (χ0v) is 8.78. The molecule has 1 aliphatic rings. The lowest BCUT2D eigenvalue weighted by molar-refractivity contribution is 0.690. The first-order chi connectivity index (χ1) is 7.00. The molecule has 0 amide bonds. The van der Waals surface area contributed by atoms with E-state index >= 15 is 0 Å². The van der Waals surface area contributed by atoms with Crippen LogP contribution in [-0.4, -0.2) is 0 Å². The number of hydrogen-bond acceptors (Lipinski definition) is 0. The average molecular weight is 187 g/mol. The number of rotatable bonds is 0. The van der Waals surface area contributed by atoms with Gasteiger partial charge in [-0.2, -0.15) is 0 Å². The van der Waals surface area contributed by atoms with Gasteiger partial charge in [-0.15, -0.1) is 0 Å². The monoisotopic (exact) mass is 187 g/mol. The normalized spacial score (nSPS) is 28.6. The Labute approximate surface area is 87.7 Å². The summed E-state index contributed by atoms with van der Waals surface area (Å²) in [6.45, 7) is 0. The van der Waals surface area contributed by atoms with E-state index in [1.54, 1.807) is 0 Å². The molecule has 0 aliphatic heterocycles. The minimum absolute atomic E-state index is 1.05. The van der Waals surface area contributed by atoms with Crippen molar-refractivity contribution in [3.05, 3.63) is 48.6 Å². The van der Waals surface area contributed by atoms with Gasteiger partial charge >= 0.3 is 0 Å². The molecule has 1 rings (SSSR count). The van der Waals surface area contributed by atoms with Crippen LogP contribution in [0.25, 0.3) is 0 Å². The lowest BCUT2D eigenvalue weighted by atomic mass is 10.1. The third-order valence-electron chi connectivity index (χ3n) is 2.20. The van der Waals surface area contributed by atoms with E-state index in [1.165, 1.54) is 25.7 Å². The highest BCUT2D eigenvalue weighted by molar-refractivity contribution is 5.10. The molecule has 0 heterocycles. The standard InChI is InChI=1S/C14H19/c1-2-4-6-8-10-12-14-13-11-9-7-5-3-1/h1-5,8,10H,6,9,11-14H2/b3-1-,4-2+,7-5?,10-8+. The van der Waals surface area contributed by atoms with E-state index in [4.69, 9.17) is 0 Å². The summed E-state index contributed by atoms with van der Waals surface area (Å²) in [6.07, 6.45) is 25.5. The fourth-order valence-electron chi connectivity index (χ4n) is 1.39. The minimum Gasteiger partial charge on any atom is -0.0882 e. The largest absolute Gasteiger partial charge is 0.0882 e. The third kappa shape index (κ3) is 6.47. The summed E-state index contributed by atoms with van der Waals surface area (Å²) < 4.78 is 0. The Balaban J connectivity index is 2.36. The lowest BCUT2D eigenvalue weighted by Gasteiger charge is -1.94. The summed E-state index contributed by atoms with van der Waals surface area (Å²) in [5, 5.41) is 0. The molecule has 0 saturated heterocycles. The van der Waals surface area contributed by atoms with Crippen molar-refractivity contribution in [3.63, 3.8) is 0 Å². The van der Waals surface area contributed by atoms with Gasteiger partial charge in [-0.1, -0.05) is 49.0 Å². The number of allylic oxidation sites excluding steroid dienone is 8. The van der Waals surface area contributed by atoms with Crippen LogP contribution < -0.4 is 0 Å². The van der Waals surface area contributed by atoms with Crippen LogP contribution >= 0.6 is 0 Å². The van der Waals surface area contributed by atoms with Crippen LogP contribution in [0, 0.1) is 6.08 Å². The molecular formula is C14H19. The van der Waals surface area contributed by atoms with Crippen LogP contribution in [0.1, 0.15) is 38.5 Å². The SMILES string of the molecule is [C]1=C/C=C\C=C\C/C=C/CCCCC/1. The van der Waals surface area contributed by atoms with Crippen molar-refractivity contribution in [2.24, 2.45) is 0 Å². The summed E-state index contributed by atoms with van der Waals surface area (Å²) in [6, 6.07) is 0. The van der Waals surface area contributed by atoms with Gasteiger partial charge in [-0.05, 0) is 38.2 Å². The summed E-state index contributed by atoms with van der Waals surface area (Å²) in [7, 11) is 0. The molecule has 75 valence electrons. The van der Waals surface area contributed by atoms with Crippen molar-refractivity contribution >= 4 is 0 Å². The Morgan fingerprint density at radius 2 is 1.79 bits per heavy atom. The highest BCUT2D eigenvalue weighted by Gasteiger charge is 1.85. The zero-order chi connectivity index (χ0) is 9.90. The van der Waals surface area contributed by atoms with Crippen molar-refractivity contribution in [1.82, 2.24) is 0 Å². The van der Waals surface area contributed by atoms with E-state index in [9.17, 15) is 0 Å². The van der Waals surface area contributed by atoms with Gasteiger partial charge in [0.2, 0.25) is 0 Å². The fraction of sp³-hybridized carbons (Fsp3) is 0.429. The molecule has 14 heavy (non-hydrogen) atoms. The smallest absolute Gasteiger partial charge is 0.0166 e. The first-order valence-corrected chi connectivity index (χ1v) is 5.53. The van der Waals surface area contributed by atoms with E-state index in [0.717, 1.165) is 12.8 Å². The highest BCUT2D eigenvalue weighted by atomic mass is 13.9. The Bertz CT molecular complexity index is 228. The van der Waals surface area contributed by atoms with Gasteiger partial charge in [0.1, 0.15) is 0 Å². The molecule has 0 atom stereocenters. The maximum absolute atomic E-state index is 3.28.